The Morgan fingerprint density at radius 2 is 1.73 bits per heavy atom. The summed E-state index contributed by atoms with van der Waals surface area (Å²) in [6.07, 6.45) is 6.96. The smallest absolute Gasteiger partial charge is 0.472 e. The molecule has 0 saturated heterocycles. The van der Waals surface area contributed by atoms with E-state index in [2.05, 4.69) is 33.9 Å². The molecule has 1 aromatic heterocycles. The maximum absolute atomic E-state index is 12.2. The van der Waals surface area contributed by atoms with Gasteiger partial charge in [-0.1, -0.05) is 32.9 Å². The van der Waals surface area contributed by atoms with E-state index in [0.29, 0.717) is 6.61 Å². The van der Waals surface area contributed by atoms with Crippen molar-refractivity contribution in [3.8, 4) is 0 Å². The number of furan rings is 1. The van der Waals surface area contributed by atoms with Gasteiger partial charge in [0.2, 0.25) is 0 Å². The van der Waals surface area contributed by atoms with Crippen molar-refractivity contribution in [1.29, 1.82) is 0 Å². The van der Waals surface area contributed by atoms with Crippen molar-refractivity contribution in [1.82, 2.24) is 0 Å². The summed E-state index contributed by atoms with van der Waals surface area (Å²) in [4.78, 5) is 0. The van der Waals surface area contributed by atoms with Crippen LogP contribution in [0, 0.1) is 0 Å². The fraction of sp³-hybridized carbons (Fsp3) is 0.667. The highest BCUT2D eigenvalue weighted by atomic mass is 31.2. The van der Waals surface area contributed by atoms with Crippen molar-refractivity contribution >= 4 is 22.2 Å². The first kappa shape index (κ1) is 23.3. The van der Waals surface area contributed by atoms with Crippen molar-refractivity contribution in [3.63, 3.8) is 0 Å². The lowest BCUT2D eigenvalue weighted by molar-refractivity contribution is 0.131. The lowest BCUT2D eigenvalue weighted by Gasteiger charge is -2.36. The Morgan fingerprint density at radius 3 is 2.27 bits per heavy atom. The van der Waals surface area contributed by atoms with E-state index >= 15 is 0 Å². The van der Waals surface area contributed by atoms with Crippen molar-refractivity contribution in [2.45, 2.75) is 59.4 Å². The topological polar surface area (TPSA) is 67.1 Å². The molecule has 0 saturated carbocycles. The molecule has 0 atom stereocenters. The zero-order chi connectivity index (χ0) is 19.8. The lowest BCUT2D eigenvalue weighted by atomic mass is 10.2. The summed E-state index contributed by atoms with van der Waals surface area (Å²) in [5.74, 6) is 0. The minimum absolute atomic E-state index is 0.116. The van der Waals surface area contributed by atoms with Crippen LogP contribution in [0.25, 0.3) is 6.08 Å². The molecule has 0 spiro atoms. The molecule has 0 aliphatic rings. The molecule has 8 heteroatoms. The summed E-state index contributed by atoms with van der Waals surface area (Å²) in [7, 11) is -5.31. The number of phosphoric acid groups is 1. The molecule has 0 aliphatic carbocycles. The van der Waals surface area contributed by atoms with E-state index in [0.717, 1.165) is 11.1 Å². The maximum Gasteiger partial charge on any atom is 0.475 e. The lowest BCUT2D eigenvalue weighted by Crippen LogP contribution is -2.40. The molecule has 1 rings (SSSR count). The predicted octanol–water partition coefficient (Wildman–Crippen LogP) is 6.01. The van der Waals surface area contributed by atoms with Gasteiger partial charge < -0.3 is 8.84 Å². The van der Waals surface area contributed by atoms with Crippen LogP contribution in [-0.4, -0.2) is 28.1 Å². The third-order valence-corrected chi connectivity index (χ3v) is 10.5. The Kier molecular flexibility index (Phi) is 8.99. The van der Waals surface area contributed by atoms with Crippen LogP contribution in [0.15, 0.2) is 23.0 Å². The Bertz CT molecular complexity index is 607. The summed E-state index contributed by atoms with van der Waals surface area (Å²) < 4.78 is 39.2. The second-order valence-corrected chi connectivity index (χ2v) is 13.9. The van der Waals surface area contributed by atoms with E-state index in [-0.39, 0.29) is 24.9 Å². The highest BCUT2D eigenvalue weighted by Crippen LogP contribution is 2.49. The van der Waals surface area contributed by atoms with Gasteiger partial charge in [-0.3, -0.25) is 13.6 Å². The molecular weight excluding hydrogens is 371 g/mol. The van der Waals surface area contributed by atoms with Crippen LogP contribution in [0.3, 0.4) is 0 Å². The second kappa shape index (κ2) is 10.0. The van der Waals surface area contributed by atoms with Gasteiger partial charge in [-0.25, -0.2) is 4.57 Å². The van der Waals surface area contributed by atoms with Crippen molar-refractivity contribution < 1.29 is 27.0 Å². The molecule has 0 aromatic carbocycles. The number of phosphoric ester groups is 1. The minimum Gasteiger partial charge on any atom is -0.472 e. The fourth-order valence-corrected chi connectivity index (χ4v) is 3.88. The number of rotatable bonds is 11. The molecule has 0 aliphatic heterocycles. The van der Waals surface area contributed by atoms with Gasteiger partial charge in [0, 0.05) is 11.1 Å². The van der Waals surface area contributed by atoms with E-state index in [1.807, 2.05) is 6.08 Å². The Morgan fingerprint density at radius 1 is 1.12 bits per heavy atom. The van der Waals surface area contributed by atoms with E-state index in [9.17, 15) is 4.57 Å². The first-order chi connectivity index (χ1) is 12.0. The molecular formula is C18H33O6PSi. The van der Waals surface area contributed by atoms with Gasteiger partial charge in [0.15, 0.2) is 8.32 Å². The molecule has 26 heavy (non-hydrogen) atoms. The van der Waals surface area contributed by atoms with Crippen molar-refractivity contribution in [2.75, 3.05) is 19.8 Å². The molecule has 150 valence electrons. The first-order valence-corrected chi connectivity index (χ1v) is 13.3. The zero-order valence-corrected chi connectivity index (χ0v) is 18.9. The van der Waals surface area contributed by atoms with Crippen molar-refractivity contribution in [2.24, 2.45) is 0 Å². The molecule has 0 radical (unpaired) electrons. The zero-order valence-electron chi connectivity index (χ0n) is 17.0. The van der Waals surface area contributed by atoms with E-state index in [1.54, 1.807) is 32.4 Å². The Hall–Kier alpha value is -0.693. The van der Waals surface area contributed by atoms with Gasteiger partial charge >= 0.3 is 7.82 Å². The highest BCUT2D eigenvalue weighted by molar-refractivity contribution is 7.48. The normalized spacial score (nSPS) is 13.7. The summed E-state index contributed by atoms with van der Waals surface area (Å²) in [6.45, 7) is 15.7. The Labute approximate surface area is 158 Å². The van der Waals surface area contributed by atoms with Crippen LogP contribution in [0.5, 0.6) is 0 Å². The third kappa shape index (κ3) is 7.14. The number of hydrogen-bond acceptors (Lipinski definition) is 6. The third-order valence-electron chi connectivity index (χ3n) is 4.37. The van der Waals surface area contributed by atoms with E-state index < -0.39 is 16.1 Å². The molecule has 1 heterocycles. The van der Waals surface area contributed by atoms with Gasteiger partial charge in [0.05, 0.1) is 39.0 Å². The quantitative estimate of drug-likeness (QED) is 0.332. The molecule has 0 N–H and O–H groups in total. The van der Waals surface area contributed by atoms with Gasteiger partial charge in [0.25, 0.3) is 0 Å². The molecule has 0 amide bonds. The summed E-state index contributed by atoms with van der Waals surface area (Å²) in [5.41, 5.74) is 1.89. The molecule has 0 fully saturated rings. The monoisotopic (exact) mass is 404 g/mol. The standard InChI is InChI=1S/C18H33O6PSi/c1-8-21-25(19,22-9-2)23-12-10-11-16-13-20-14-17(16)15-24-26(6,7)18(3,4)5/h10-11,13-14H,8-9,12,15H2,1-7H3/b11-10+. The van der Waals surface area contributed by atoms with Crippen LogP contribution in [0.4, 0.5) is 0 Å². The first-order valence-electron chi connectivity index (χ1n) is 8.94. The van der Waals surface area contributed by atoms with Gasteiger partial charge in [-0.05, 0) is 32.0 Å². The summed E-state index contributed by atoms with van der Waals surface area (Å²) >= 11 is 0. The van der Waals surface area contributed by atoms with E-state index in [4.69, 9.17) is 22.4 Å². The van der Waals surface area contributed by atoms with Crippen LogP contribution >= 0.6 is 7.82 Å². The largest absolute Gasteiger partial charge is 0.475 e. The average molecular weight is 405 g/mol. The van der Waals surface area contributed by atoms with Crippen molar-refractivity contribution in [3.05, 3.63) is 29.7 Å². The van der Waals surface area contributed by atoms with Gasteiger partial charge in [-0.15, -0.1) is 0 Å². The molecule has 0 unspecified atom stereocenters. The highest BCUT2D eigenvalue weighted by Gasteiger charge is 2.37. The average Bonchev–Trinajstić information content (AvgIpc) is 2.96. The van der Waals surface area contributed by atoms with Crippen LogP contribution < -0.4 is 0 Å². The summed E-state index contributed by atoms with van der Waals surface area (Å²) in [5, 5.41) is 0.153. The van der Waals surface area contributed by atoms with Gasteiger partial charge in [-0.2, -0.15) is 0 Å². The SMILES string of the molecule is CCOP(=O)(OCC)OC/C=C/c1cocc1CO[Si](C)(C)C(C)(C)C. The predicted molar refractivity (Wildman–Crippen MR) is 107 cm³/mol. The maximum atomic E-state index is 12.2. The van der Waals surface area contributed by atoms with Crippen LogP contribution in [-0.2, 0) is 29.2 Å². The molecule has 0 bridgehead atoms. The number of hydrogen-bond donors (Lipinski definition) is 0. The van der Waals surface area contributed by atoms with Crippen LogP contribution in [0.2, 0.25) is 18.1 Å². The minimum atomic E-state index is -3.49. The van der Waals surface area contributed by atoms with E-state index in [1.165, 1.54) is 0 Å². The Balaban J connectivity index is 2.63. The summed E-state index contributed by atoms with van der Waals surface area (Å²) in [6, 6.07) is 0. The fourth-order valence-electron chi connectivity index (χ4n) is 1.81. The molecule has 1 aromatic rings. The van der Waals surface area contributed by atoms with Gasteiger partial charge in [0.1, 0.15) is 0 Å². The van der Waals surface area contributed by atoms with Crippen LogP contribution in [0.1, 0.15) is 45.7 Å². The molecule has 6 nitrogen and oxygen atoms in total. The second-order valence-electron chi connectivity index (χ2n) is 7.38.